The summed E-state index contributed by atoms with van der Waals surface area (Å²) in [5.74, 6) is 1.05. The van der Waals surface area contributed by atoms with E-state index in [2.05, 4.69) is 5.32 Å². The summed E-state index contributed by atoms with van der Waals surface area (Å²) in [4.78, 5) is 11.8. The van der Waals surface area contributed by atoms with Crippen molar-refractivity contribution in [3.63, 3.8) is 0 Å². The minimum atomic E-state index is -0.140. The molecular weight excluding hydrogens is 190 g/mol. The first-order chi connectivity index (χ1) is 7.16. The molecule has 2 rings (SSSR count). The van der Waals surface area contributed by atoms with Crippen molar-refractivity contribution in [2.24, 2.45) is 11.8 Å². The van der Waals surface area contributed by atoms with Gasteiger partial charge in [0, 0.05) is 12.0 Å². The van der Waals surface area contributed by atoms with Gasteiger partial charge in [0.25, 0.3) is 0 Å². The lowest BCUT2D eigenvalue weighted by Gasteiger charge is -2.27. The minimum Gasteiger partial charge on any atom is -0.393 e. The summed E-state index contributed by atoms with van der Waals surface area (Å²) in [5.41, 5.74) is 0. The van der Waals surface area contributed by atoms with E-state index in [4.69, 9.17) is 0 Å². The third kappa shape index (κ3) is 2.94. The van der Waals surface area contributed by atoms with Crippen LogP contribution in [0.5, 0.6) is 0 Å². The molecule has 0 aromatic carbocycles. The van der Waals surface area contributed by atoms with Crippen LogP contribution in [-0.4, -0.2) is 23.2 Å². The Bertz CT molecular complexity index is 230. The van der Waals surface area contributed by atoms with Crippen molar-refractivity contribution < 1.29 is 9.90 Å². The zero-order valence-electron chi connectivity index (χ0n) is 9.41. The van der Waals surface area contributed by atoms with Gasteiger partial charge >= 0.3 is 0 Å². The van der Waals surface area contributed by atoms with Crippen molar-refractivity contribution >= 4 is 5.91 Å². The van der Waals surface area contributed by atoms with Crippen LogP contribution in [0, 0.1) is 11.8 Å². The van der Waals surface area contributed by atoms with Gasteiger partial charge in [0.15, 0.2) is 0 Å². The van der Waals surface area contributed by atoms with Crippen LogP contribution < -0.4 is 5.32 Å². The first kappa shape index (κ1) is 10.9. The molecule has 15 heavy (non-hydrogen) atoms. The van der Waals surface area contributed by atoms with Crippen molar-refractivity contribution in [2.75, 3.05) is 0 Å². The molecule has 1 atom stereocenters. The summed E-state index contributed by atoms with van der Waals surface area (Å²) in [6.07, 6.45) is 5.84. The highest BCUT2D eigenvalue weighted by Crippen LogP contribution is 2.36. The molecule has 0 aromatic heterocycles. The maximum atomic E-state index is 11.8. The van der Waals surface area contributed by atoms with E-state index in [1.165, 1.54) is 12.8 Å². The number of aliphatic hydroxyl groups is 1. The molecule has 0 heterocycles. The van der Waals surface area contributed by atoms with E-state index in [0.717, 1.165) is 25.7 Å². The van der Waals surface area contributed by atoms with Gasteiger partial charge in [0.1, 0.15) is 0 Å². The van der Waals surface area contributed by atoms with Gasteiger partial charge in [0.2, 0.25) is 5.91 Å². The lowest BCUT2D eigenvalue weighted by molar-refractivity contribution is -0.126. The summed E-state index contributed by atoms with van der Waals surface area (Å²) in [6.45, 7) is 2.03. The highest BCUT2D eigenvalue weighted by Gasteiger charge is 2.33. The van der Waals surface area contributed by atoms with Crippen LogP contribution in [0.25, 0.3) is 0 Å². The van der Waals surface area contributed by atoms with Crippen LogP contribution in [0.3, 0.4) is 0 Å². The average Bonchev–Trinajstić information content (AvgIpc) is 3.04. The molecule has 0 aliphatic heterocycles. The predicted octanol–water partition coefficient (Wildman–Crippen LogP) is 1.45. The number of hydrogen-bond donors (Lipinski definition) is 2. The van der Waals surface area contributed by atoms with Crippen molar-refractivity contribution in [1.29, 1.82) is 0 Å². The first-order valence-electron chi connectivity index (χ1n) is 6.15. The summed E-state index contributed by atoms with van der Waals surface area (Å²) in [5, 5.41) is 12.5. The second-order valence-electron chi connectivity index (χ2n) is 5.14. The second-order valence-corrected chi connectivity index (χ2v) is 5.14. The van der Waals surface area contributed by atoms with E-state index in [-0.39, 0.29) is 17.9 Å². The van der Waals surface area contributed by atoms with Crippen LogP contribution >= 0.6 is 0 Å². The van der Waals surface area contributed by atoms with E-state index in [0.29, 0.717) is 12.0 Å². The molecule has 2 aliphatic carbocycles. The van der Waals surface area contributed by atoms with Crippen molar-refractivity contribution in [1.82, 2.24) is 5.32 Å². The van der Waals surface area contributed by atoms with Crippen LogP contribution in [0.1, 0.15) is 45.4 Å². The lowest BCUT2D eigenvalue weighted by Crippen LogP contribution is -2.41. The standard InChI is InChI=1S/C12H21NO2/c1-8(9-2-3-9)12(15)13-10-4-6-11(14)7-5-10/h8-11,14H,2-7H2,1H3,(H,13,15). The second kappa shape index (κ2) is 4.52. The van der Waals surface area contributed by atoms with Gasteiger partial charge in [-0.25, -0.2) is 0 Å². The van der Waals surface area contributed by atoms with Gasteiger partial charge in [-0.1, -0.05) is 6.92 Å². The topological polar surface area (TPSA) is 49.3 Å². The largest absolute Gasteiger partial charge is 0.393 e. The molecule has 0 bridgehead atoms. The lowest BCUT2D eigenvalue weighted by atomic mass is 9.92. The third-order valence-electron chi connectivity index (χ3n) is 3.79. The van der Waals surface area contributed by atoms with Crippen LogP contribution in [0.2, 0.25) is 0 Å². The normalized spacial score (nSPS) is 33.5. The smallest absolute Gasteiger partial charge is 0.223 e. The van der Waals surface area contributed by atoms with E-state index >= 15 is 0 Å². The molecule has 1 amide bonds. The highest BCUT2D eigenvalue weighted by atomic mass is 16.3. The molecule has 2 N–H and O–H groups in total. The molecule has 2 saturated carbocycles. The number of aliphatic hydroxyl groups excluding tert-OH is 1. The van der Waals surface area contributed by atoms with Crippen LogP contribution in [-0.2, 0) is 4.79 Å². The Morgan fingerprint density at radius 2 is 1.80 bits per heavy atom. The molecular formula is C12H21NO2. The number of amides is 1. The Morgan fingerprint density at radius 3 is 2.33 bits per heavy atom. The molecule has 3 nitrogen and oxygen atoms in total. The van der Waals surface area contributed by atoms with E-state index in [1.807, 2.05) is 6.92 Å². The molecule has 0 spiro atoms. The quantitative estimate of drug-likeness (QED) is 0.742. The average molecular weight is 211 g/mol. The van der Waals surface area contributed by atoms with Gasteiger partial charge in [-0.3, -0.25) is 4.79 Å². The molecule has 1 unspecified atom stereocenters. The molecule has 0 aromatic rings. The number of carbonyl (C=O) groups excluding carboxylic acids is 1. The molecule has 0 saturated heterocycles. The predicted molar refractivity (Wildman–Crippen MR) is 58.3 cm³/mol. The summed E-state index contributed by atoms with van der Waals surface area (Å²) >= 11 is 0. The van der Waals surface area contributed by atoms with E-state index in [9.17, 15) is 9.90 Å². The fourth-order valence-corrected chi connectivity index (χ4v) is 2.36. The van der Waals surface area contributed by atoms with Crippen molar-refractivity contribution in [3.05, 3.63) is 0 Å². The fraction of sp³-hybridized carbons (Fsp3) is 0.917. The summed E-state index contributed by atoms with van der Waals surface area (Å²) in [6, 6.07) is 0.308. The Kier molecular flexibility index (Phi) is 3.29. The number of carbonyl (C=O) groups is 1. The van der Waals surface area contributed by atoms with Crippen molar-refractivity contribution in [2.45, 2.75) is 57.6 Å². The minimum absolute atomic E-state index is 0.140. The SMILES string of the molecule is CC(C(=O)NC1CCC(O)CC1)C1CC1. The number of nitrogens with one attached hydrogen (secondary N) is 1. The van der Waals surface area contributed by atoms with Gasteiger partial charge in [-0.05, 0) is 44.4 Å². The molecule has 86 valence electrons. The van der Waals surface area contributed by atoms with Crippen LogP contribution in [0.15, 0.2) is 0 Å². The number of rotatable bonds is 3. The Morgan fingerprint density at radius 1 is 1.20 bits per heavy atom. The Labute approximate surface area is 91.2 Å². The van der Waals surface area contributed by atoms with E-state index in [1.54, 1.807) is 0 Å². The highest BCUT2D eigenvalue weighted by molar-refractivity contribution is 5.79. The van der Waals surface area contributed by atoms with Gasteiger partial charge in [-0.15, -0.1) is 0 Å². The van der Waals surface area contributed by atoms with Gasteiger partial charge in [0.05, 0.1) is 6.10 Å². The maximum Gasteiger partial charge on any atom is 0.223 e. The zero-order chi connectivity index (χ0) is 10.8. The van der Waals surface area contributed by atoms with E-state index < -0.39 is 0 Å². The fourth-order valence-electron chi connectivity index (χ4n) is 2.36. The molecule has 0 radical (unpaired) electrons. The maximum absolute atomic E-state index is 11.8. The zero-order valence-corrected chi connectivity index (χ0v) is 9.41. The molecule has 2 aliphatic rings. The summed E-state index contributed by atoms with van der Waals surface area (Å²) in [7, 11) is 0. The van der Waals surface area contributed by atoms with Crippen LogP contribution in [0.4, 0.5) is 0 Å². The van der Waals surface area contributed by atoms with Gasteiger partial charge < -0.3 is 10.4 Å². The Hall–Kier alpha value is -0.570. The monoisotopic (exact) mass is 211 g/mol. The first-order valence-corrected chi connectivity index (χ1v) is 6.15. The molecule has 3 heteroatoms. The Balaban J connectivity index is 1.73. The molecule has 2 fully saturated rings. The third-order valence-corrected chi connectivity index (χ3v) is 3.79. The van der Waals surface area contributed by atoms with Crippen molar-refractivity contribution in [3.8, 4) is 0 Å². The summed E-state index contributed by atoms with van der Waals surface area (Å²) < 4.78 is 0. The number of hydrogen-bond acceptors (Lipinski definition) is 2. The van der Waals surface area contributed by atoms with Gasteiger partial charge in [-0.2, -0.15) is 0 Å².